The summed E-state index contributed by atoms with van der Waals surface area (Å²) >= 11 is 11.8. The van der Waals surface area contributed by atoms with Crippen LogP contribution < -0.4 is 0 Å². The summed E-state index contributed by atoms with van der Waals surface area (Å²) in [6, 6.07) is 6.86. The lowest BCUT2D eigenvalue weighted by molar-refractivity contribution is 0.0474. The van der Waals surface area contributed by atoms with E-state index >= 15 is 0 Å². The number of aromatic nitrogens is 1. The summed E-state index contributed by atoms with van der Waals surface area (Å²) in [5.74, 6) is -0.852. The van der Waals surface area contributed by atoms with Crippen molar-refractivity contribution in [1.82, 2.24) is 4.57 Å². The van der Waals surface area contributed by atoms with Gasteiger partial charge in [0.2, 0.25) is 5.78 Å². The fourth-order valence-electron chi connectivity index (χ4n) is 2.90. The van der Waals surface area contributed by atoms with E-state index in [1.165, 1.54) is 12.1 Å². The minimum atomic E-state index is -0.638. The van der Waals surface area contributed by atoms with Gasteiger partial charge in [-0.2, -0.15) is 0 Å². The molecule has 0 amide bonds. The molecule has 1 heterocycles. The number of aryl methyl sites for hydroxylation is 1. The van der Waals surface area contributed by atoms with Gasteiger partial charge in [0.05, 0.1) is 10.6 Å². The van der Waals surface area contributed by atoms with Crippen LogP contribution in [0.2, 0.25) is 10.0 Å². The molecule has 3 rings (SSSR count). The summed E-state index contributed by atoms with van der Waals surface area (Å²) < 4.78 is 7.31. The third kappa shape index (κ3) is 3.35. The van der Waals surface area contributed by atoms with Gasteiger partial charge >= 0.3 is 5.97 Å². The van der Waals surface area contributed by atoms with Crippen LogP contribution in [0.25, 0.3) is 0 Å². The Morgan fingerprint density at radius 3 is 2.50 bits per heavy atom. The molecular formula is C18H17Cl2NO3. The Bertz CT molecular complexity index is 822. The number of esters is 1. The summed E-state index contributed by atoms with van der Waals surface area (Å²) in [6.07, 6.45) is 2.29. The van der Waals surface area contributed by atoms with Crippen LogP contribution in [0.15, 0.2) is 24.3 Å². The molecule has 24 heavy (non-hydrogen) atoms. The predicted molar refractivity (Wildman–Crippen MR) is 93.3 cm³/mol. The van der Waals surface area contributed by atoms with Crippen LogP contribution in [0.5, 0.6) is 0 Å². The maximum atomic E-state index is 12.4. The van der Waals surface area contributed by atoms with Crippen LogP contribution in [0, 0.1) is 13.8 Å². The van der Waals surface area contributed by atoms with Gasteiger partial charge in [0.15, 0.2) is 6.61 Å². The van der Waals surface area contributed by atoms with Gasteiger partial charge in [-0.15, -0.1) is 0 Å². The Kier molecular flexibility index (Phi) is 4.70. The fourth-order valence-corrected chi connectivity index (χ4v) is 3.38. The summed E-state index contributed by atoms with van der Waals surface area (Å²) in [6.45, 7) is 3.60. The van der Waals surface area contributed by atoms with Crippen molar-refractivity contribution in [2.45, 2.75) is 32.7 Å². The molecule has 0 radical (unpaired) electrons. The van der Waals surface area contributed by atoms with E-state index in [4.69, 9.17) is 27.9 Å². The number of benzene rings is 1. The summed E-state index contributed by atoms with van der Waals surface area (Å²) in [5, 5.41) is 0.631. The largest absolute Gasteiger partial charge is 0.454 e. The smallest absolute Gasteiger partial charge is 0.340 e. The number of carbonyl (C=O) groups is 2. The molecule has 6 heteroatoms. The molecule has 1 aromatic carbocycles. The Labute approximate surface area is 150 Å². The molecule has 1 aromatic heterocycles. The number of rotatable bonds is 5. The summed E-state index contributed by atoms with van der Waals surface area (Å²) in [4.78, 5) is 24.5. The van der Waals surface area contributed by atoms with Crippen molar-refractivity contribution >= 4 is 35.0 Å². The first kappa shape index (κ1) is 17.1. The predicted octanol–water partition coefficient (Wildman–Crippen LogP) is 4.79. The van der Waals surface area contributed by atoms with Crippen molar-refractivity contribution in [3.05, 3.63) is 56.8 Å². The molecule has 0 saturated heterocycles. The van der Waals surface area contributed by atoms with Crippen molar-refractivity contribution in [3.8, 4) is 0 Å². The SMILES string of the molecule is Cc1cc(C(=O)COC(=O)c2ccc(Cl)cc2Cl)c(C)n1C1CC1. The van der Waals surface area contributed by atoms with Crippen molar-refractivity contribution in [2.75, 3.05) is 6.61 Å². The fraction of sp³-hybridized carbons (Fsp3) is 0.333. The van der Waals surface area contributed by atoms with Gasteiger partial charge in [-0.1, -0.05) is 23.2 Å². The minimum absolute atomic E-state index is 0.192. The summed E-state index contributed by atoms with van der Waals surface area (Å²) in [7, 11) is 0. The minimum Gasteiger partial charge on any atom is -0.454 e. The first-order chi connectivity index (χ1) is 11.4. The maximum absolute atomic E-state index is 12.4. The first-order valence-electron chi connectivity index (χ1n) is 7.72. The van der Waals surface area contributed by atoms with Gasteiger partial charge in [-0.05, 0) is 51.0 Å². The summed E-state index contributed by atoms with van der Waals surface area (Å²) in [5.41, 5.74) is 2.79. The number of ketones is 1. The van der Waals surface area contributed by atoms with Gasteiger partial charge in [0.1, 0.15) is 0 Å². The van der Waals surface area contributed by atoms with Gasteiger partial charge < -0.3 is 9.30 Å². The first-order valence-corrected chi connectivity index (χ1v) is 8.48. The number of hydrogen-bond donors (Lipinski definition) is 0. The van der Waals surface area contributed by atoms with Crippen LogP contribution in [-0.2, 0) is 4.74 Å². The highest BCUT2D eigenvalue weighted by Gasteiger charge is 2.28. The number of halogens is 2. The zero-order valence-electron chi connectivity index (χ0n) is 13.4. The van der Waals surface area contributed by atoms with Crippen LogP contribution in [0.3, 0.4) is 0 Å². The second-order valence-electron chi connectivity index (χ2n) is 6.01. The van der Waals surface area contributed by atoms with Gasteiger partial charge in [-0.25, -0.2) is 4.79 Å². The van der Waals surface area contributed by atoms with E-state index in [0.717, 1.165) is 24.2 Å². The van der Waals surface area contributed by atoms with Crippen LogP contribution in [-0.4, -0.2) is 22.9 Å². The standard InChI is InChI=1S/C18H17Cl2NO3/c1-10-7-15(11(2)21(10)13-4-5-13)17(22)9-24-18(23)14-6-3-12(19)8-16(14)20/h3,6-8,13H,4-5,9H2,1-2H3. The monoisotopic (exact) mass is 365 g/mol. The van der Waals surface area contributed by atoms with E-state index < -0.39 is 5.97 Å². The van der Waals surface area contributed by atoms with Crippen LogP contribution in [0.1, 0.15) is 51.0 Å². The number of nitrogens with zero attached hydrogens (tertiary/aromatic N) is 1. The van der Waals surface area contributed by atoms with Gasteiger partial charge in [0.25, 0.3) is 0 Å². The van der Waals surface area contributed by atoms with Crippen LogP contribution in [0.4, 0.5) is 0 Å². The molecule has 1 fully saturated rings. The quantitative estimate of drug-likeness (QED) is 0.565. The van der Waals surface area contributed by atoms with Crippen molar-refractivity contribution < 1.29 is 14.3 Å². The Morgan fingerprint density at radius 2 is 1.88 bits per heavy atom. The lowest BCUT2D eigenvalue weighted by Gasteiger charge is -2.08. The van der Waals surface area contributed by atoms with E-state index in [1.54, 1.807) is 6.07 Å². The van der Waals surface area contributed by atoms with Gasteiger partial charge in [0, 0.05) is 28.0 Å². The Hall–Kier alpha value is -1.78. The normalized spacial score (nSPS) is 13.8. The molecule has 1 saturated carbocycles. The highest BCUT2D eigenvalue weighted by Crippen LogP contribution is 2.38. The van der Waals surface area contributed by atoms with E-state index in [1.807, 2.05) is 19.9 Å². The molecule has 0 N–H and O–H groups in total. The van der Waals surface area contributed by atoms with Crippen molar-refractivity contribution in [1.29, 1.82) is 0 Å². The molecule has 2 aromatic rings. The molecule has 0 atom stereocenters. The van der Waals surface area contributed by atoms with Crippen molar-refractivity contribution in [2.24, 2.45) is 0 Å². The molecule has 0 spiro atoms. The second-order valence-corrected chi connectivity index (χ2v) is 6.85. The van der Waals surface area contributed by atoms with Gasteiger partial charge in [-0.3, -0.25) is 4.79 Å². The Balaban J connectivity index is 1.69. The number of Topliss-reactive ketones (excluding diaryl/α,β-unsaturated/α-hetero) is 1. The number of carbonyl (C=O) groups excluding carboxylic acids is 2. The van der Waals surface area contributed by atoms with E-state index in [2.05, 4.69) is 4.57 Å². The van der Waals surface area contributed by atoms with Crippen LogP contribution >= 0.6 is 23.2 Å². The van der Waals surface area contributed by atoms with E-state index in [9.17, 15) is 9.59 Å². The Morgan fingerprint density at radius 1 is 1.17 bits per heavy atom. The molecule has 1 aliphatic rings. The lowest BCUT2D eigenvalue weighted by Crippen LogP contribution is -2.15. The molecule has 4 nitrogen and oxygen atoms in total. The third-order valence-electron chi connectivity index (χ3n) is 4.18. The zero-order chi connectivity index (χ0) is 17.4. The molecular weight excluding hydrogens is 349 g/mol. The molecule has 0 bridgehead atoms. The topological polar surface area (TPSA) is 48.3 Å². The molecule has 0 aliphatic heterocycles. The maximum Gasteiger partial charge on any atom is 0.340 e. The van der Waals surface area contributed by atoms with Crippen molar-refractivity contribution in [3.63, 3.8) is 0 Å². The number of hydrogen-bond acceptors (Lipinski definition) is 3. The molecule has 1 aliphatic carbocycles. The van der Waals surface area contributed by atoms with E-state index in [0.29, 0.717) is 16.6 Å². The average molecular weight is 366 g/mol. The second kappa shape index (κ2) is 6.61. The molecule has 126 valence electrons. The average Bonchev–Trinajstić information content (AvgIpc) is 3.30. The number of ether oxygens (including phenoxy) is 1. The molecule has 0 unspecified atom stereocenters. The van der Waals surface area contributed by atoms with E-state index in [-0.39, 0.29) is 23.0 Å². The lowest BCUT2D eigenvalue weighted by atomic mass is 10.1. The zero-order valence-corrected chi connectivity index (χ0v) is 14.9. The highest BCUT2D eigenvalue weighted by molar-refractivity contribution is 6.36. The highest BCUT2D eigenvalue weighted by atomic mass is 35.5. The third-order valence-corrected chi connectivity index (χ3v) is 4.73.